The van der Waals surface area contributed by atoms with Gasteiger partial charge in [0.1, 0.15) is 0 Å². The Morgan fingerprint density at radius 3 is 2.85 bits per heavy atom. The normalized spacial score (nSPS) is 19.1. The zero-order valence-electron chi connectivity index (χ0n) is 11.7. The number of anilines is 1. The summed E-state index contributed by atoms with van der Waals surface area (Å²) in [6.45, 7) is 3.46. The van der Waals surface area contributed by atoms with Crippen LogP contribution in [0.2, 0.25) is 0 Å². The fourth-order valence-corrected chi connectivity index (χ4v) is 2.77. The maximum absolute atomic E-state index is 4.15. The second-order valence-corrected chi connectivity index (χ2v) is 5.41. The van der Waals surface area contributed by atoms with Gasteiger partial charge in [-0.1, -0.05) is 30.3 Å². The number of likely N-dealkylation sites (tertiary alicyclic amines) is 1. The van der Waals surface area contributed by atoms with Gasteiger partial charge < -0.3 is 10.2 Å². The quantitative estimate of drug-likeness (QED) is 0.903. The fraction of sp³-hybridized carbons (Fsp3) is 0.353. The standard InChI is InChI=1S/C17H21N3/c1-2-5-15(6-3-1)8-11-20-12-9-17(14-20)19-16-7-4-10-18-13-16/h1-7,10,13,17,19H,8-9,11-12,14H2. The Morgan fingerprint density at radius 2 is 2.05 bits per heavy atom. The van der Waals surface area contributed by atoms with E-state index in [0.29, 0.717) is 6.04 Å². The van der Waals surface area contributed by atoms with E-state index < -0.39 is 0 Å². The second-order valence-electron chi connectivity index (χ2n) is 5.41. The lowest BCUT2D eigenvalue weighted by Crippen LogP contribution is -2.27. The molecule has 0 saturated carbocycles. The molecule has 0 spiro atoms. The largest absolute Gasteiger partial charge is 0.380 e. The highest BCUT2D eigenvalue weighted by molar-refractivity contribution is 5.41. The molecule has 1 aliphatic rings. The van der Waals surface area contributed by atoms with Crippen LogP contribution in [0.1, 0.15) is 12.0 Å². The first-order valence-corrected chi connectivity index (χ1v) is 7.33. The minimum atomic E-state index is 0.551. The molecule has 1 atom stereocenters. The summed E-state index contributed by atoms with van der Waals surface area (Å²) in [5.74, 6) is 0. The van der Waals surface area contributed by atoms with Crippen LogP contribution in [0.5, 0.6) is 0 Å². The summed E-state index contributed by atoms with van der Waals surface area (Å²) in [5.41, 5.74) is 2.55. The van der Waals surface area contributed by atoms with E-state index in [1.54, 1.807) is 0 Å². The van der Waals surface area contributed by atoms with E-state index >= 15 is 0 Å². The van der Waals surface area contributed by atoms with Gasteiger partial charge >= 0.3 is 0 Å². The molecule has 1 N–H and O–H groups in total. The molecule has 3 rings (SSSR count). The van der Waals surface area contributed by atoms with Crippen molar-refractivity contribution in [3.8, 4) is 0 Å². The topological polar surface area (TPSA) is 28.2 Å². The molecule has 2 aromatic rings. The molecule has 2 heterocycles. The van der Waals surface area contributed by atoms with Gasteiger partial charge in [0.2, 0.25) is 0 Å². The van der Waals surface area contributed by atoms with E-state index in [-0.39, 0.29) is 0 Å². The number of benzene rings is 1. The van der Waals surface area contributed by atoms with Crippen LogP contribution in [-0.4, -0.2) is 35.6 Å². The van der Waals surface area contributed by atoms with E-state index in [4.69, 9.17) is 0 Å². The molecule has 1 aromatic carbocycles. The molecule has 3 nitrogen and oxygen atoms in total. The van der Waals surface area contributed by atoms with Crippen LogP contribution >= 0.6 is 0 Å². The zero-order chi connectivity index (χ0) is 13.6. The minimum absolute atomic E-state index is 0.551. The lowest BCUT2D eigenvalue weighted by molar-refractivity contribution is 0.341. The maximum atomic E-state index is 4.15. The Bertz CT molecular complexity index is 512. The predicted octanol–water partition coefficient (Wildman–Crippen LogP) is 2.81. The van der Waals surface area contributed by atoms with Crippen LogP contribution in [0, 0.1) is 0 Å². The smallest absolute Gasteiger partial charge is 0.0529 e. The summed E-state index contributed by atoms with van der Waals surface area (Å²) in [4.78, 5) is 6.69. The SMILES string of the molecule is c1ccc(CCN2CCC(Nc3cccnc3)C2)cc1. The summed E-state index contributed by atoms with van der Waals surface area (Å²) < 4.78 is 0. The van der Waals surface area contributed by atoms with Crippen molar-refractivity contribution in [2.75, 3.05) is 25.0 Å². The average Bonchev–Trinajstić information content (AvgIpc) is 2.95. The third-order valence-electron chi connectivity index (χ3n) is 3.86. The summed E-state index contributed by atoms with van der Waals surface area (Å²) >= 11 is 0. The molecule has 1 fully saturated rings. The first-order valence-electron chi connectivity index (χ1n) is 7.33. The van der Waals surface area contributed by atoms with Crippen LogP contribution in [0.15, 0.2) is 54.9 Å². The van der Waals surface area contributed by atoms with Crippen molar-refractivity contribution in [2.45, 2.75) is 18.9 Å². The van der Waals surface area contributed by atoms with Gasteiger partial charge in [0.15, 0.2) is 0 Å². The molecule has 0 bridgehead atoms. The number of aromatic nitrogens is 1. The van der Waals surface area contributed by atoms with Crippen molar-refractivity contribution < 1.29 is 0 Å². The summed E-state index contributed by atoms with van der Waals surface area (Å²) in [7, 11) is 0. The van der Waals surface area contributed by atoms with Gasteiger partial charge in [0, 0.05) is 38.1 Å². The fourth-order valence-electron chi connectivity index (χ4n) is 2.77. The van der Waals surface area contributed by atoms with E-state index in [0.717, 1.165) is 25.2 Å². The molecule has 20 heavy (non-hydrogen) atoms. The highest BCUT2D eigenvalue weighted by Crippen LogP contribution is 2.15. The van der Waals surface area contributed by atoms with Crippen molar-refractivity contribution in [1.82, 2.24) is 9.88 Å². The Kier molecular flexibility index (Phi) is 4.28. The van der Waals surface area contributed by atoms with E-state index in [9.17, 15) is 0 Å². The Morgan fingerprint density at radius 1 is 1.15 bits per heavy atom. The van der Waals surface area contributed by atoms with Crippen molar-refractivity contribution in [2.24, 2.45) is 0 Å². The molecule has 104 valence electrons. The molecule has 3 heteroatoms. The Labute approximate surface area is 120 Å². The molecular weight excluding hydrogens is 246 g/mol. The van der Waals surface area contributed by atoms with Gasteiger partial charge in [-0.05, 0) is 30.5 Å². The molecule has 1 aromatic heterocycles. The van der Waals surface area contributed by atoms with Gasteiger partial charge in [-0.2, -0.15) is 0 Å². The lowest BCUT2D eigenvalue weighted by atomic mass is 10.1. The van der Waals surface area contributed by atoms with E-state index in [2.05, 4.69) is 51.6 Å². The van der Waals surface area contributed by atoms with Crippen molar-refractivity contribution >= 4 is 5.69 Å². The molecule has 0 radical (unpaired) electrons. The molecule has 1 saturated heterocycles. The molecule has 1 unspecified atom stereocenters. The van der Waals surface area contributed by atoms with Gasteiger partial charge in [0.25, 0.3) is 0 Å². The van der Waals surface area contributed by atoms with Gasteiger partial charge in [-0.3, -0.25) is 4.98 Å². The summed E-state index contributed by atoms with van der Waals surface area (Å²) in [5, 5.41) is 3.56. The minimum Gasteiger partial charge on any atom is -0.380 e. The van der Waals surface area contributed by atoms with Crippen LogP contribution in [0.3, 0.4) is 0 Å². The van der Waals surface area contributed by atoms with Crippen LogP contribution in [-0.2, 0) is 6.42 Å². The Balaban J connectivity index is 1.45. The van der Waals surface area contributed by atoms with Crippen molar-refractivity contribution in [3.05, 3.63) is 60.4 Å². The van der Waals surface area contributed by atoms with Crippen molar-refractivity contribution in [1.29, 1.82) is 0 Å². The molecule has 1 aliphatic heterocycles. The summed E-state index contributed by atoms with van der Waals surface area (Å²) in [6.07, 6.45) is 6.06. The van der Waals surface area contributed by atoms with Crippen LogP contribution < -0.4 is 5.32 Å². The summed E-state index contributed by atoms with van der Waals surface area (Å²) in [6, 6.07) is 15.3. The van der Waals surface area contributed by atoms with E-state index in [1.807, 2.05) is 18.5 Å². The molecule has 0 aliphatic carbocycles. The predicted molar refractivity (Wildman–Crippen MR) is 82.9 cm³/mol. The molecular formula is C17H21N3. The maximum Gasteiger partial charge on any atom is 0.0529 e. The zero-order valence-corrected chi connectivity index (χ0v) is 11.7. The third kappa shape index (κ3) is 3.58. The van der Waals surface area contributed by atoms with Crippen LogP contribution in [0.4, 0.5) is 5.69 Å². The molecule has 0 amide bonds. The third-order valence-corrected chi connectivity index (χ3v) is 3.86. The number of pyridine rings is 1. The monoisotopic (exact) mass is 267 g/mol. The van der Waals surface area contributed by atoms with E-state index in [1.165, 1.54) is 18.5 Å². The number of hydrogen-bond acceptors (Lipinski definition) is 3. The number of hydrogen-bond donors (Lipinski definition) is 1. The second kappa shape index (κ2) is 6.53. The van der Waals surface area contributed by atoms with Crippen LogP contribution in [0.25, 0.3) is 0 Å². The van der Waals surface area contributed by atoms with Gasteiger partial charge in [-0.25, -0.2) is 0 Å². The number of nitrogens with one attached hydrogen (secondary N) is 1. The number of rotatable bonds is 5. The number of nitrogens with zero attached hydrogens (tertiary/aromatic N) is 2. The van der Waals surface area contributed by atoms with Gasteiger partial charge in [0.05, 0.1) is 5.69 Å². The highest BCUT2D eigenvalue weighted by atomic mass is 15.2. The van der Waals surface area contributed by atoms with Gasteiger partial charge in [-0.15, -0.1) is 0 Å². The lowest BCUT2D eigenvalue weighted by Gasteiger charge is -2.17. The first kappa shape index (κ1) is 13.1. The Hall–Kier alpha value is -1.87. The average molecular weight is 267 g/mol. The first-order chi connectivity index (χ1) is 9.90. The highest BCUT2D eigenvalue weighted by Gasteiger charge is 2.21. The van der Waals surface area contributed by atoms with Crippen molar-refractivity contribution in [3.63, 3.8) is 0 Å².